The first-order valence-electron chi connectivity index (χ1n) is 5.19. The highest BCUT2D eigenvalue weighted by atomic mass is 19.2. The first-order chi connectivity index (χ1) is 8.29. The molecule has 106 valence electrons. The average molecular weight is 283 g/mol. The quantitative estimate of drug-likeness (QED) is 0.487. The third-order valence-corrected chi connectivity index (χ3v) is 3.31. The zero-order valence-electron chi connectivity index (χ0n) is 8.67. The van der Waals surface area contributed by atoms with E-state index < -0.39 is 60.6 Å². The molecule has 8 unspecified atom stereocenters. The number of alkyl halides is 8. The smallest absolute Gasteiger partial charge is 0.190 e. The highest BCUT2D eigenvalue weighted by Crippen LogP contribution is 2.42. The fraction of sp³-hybridized carbons (Fsp3) is 1.00. The normalized spacial score (nSPS) is 58.3. The van der Waals surface area contributed by atoms with Crippen molar-refractivity contribution in [1.82, 2.24) is 4.90 Å². The lowest BCUT2D eigenvalue weighted by atomic mass is 9.85. The number of halogens is 8. The Hall–Kier alpha value is -0.600. The summed E-state index contributed by atoms with van der Waals surface area (Å²) in [6, 6.07) is -2.51. The van der Waals surface area contributed by atoms with Crippen molar-refractivity contribution in [3.8, 4) is 0 Å². The molecule has 9 heteroatoms. The lowest BCUT2D eigenvalue weighted by molar-refractivity contribution is -0.230. The van der Waals surface area contributed by atoms with Gasteiger partial charge in [0.15, 0.2) is 49.6 Å². The zero-order valence-corrected chi connectivity index (χ0v) is 8.67. The molecule has 8 atom stereocenters. The highest BCUT2D eigenvalue weighted by molar-refractivity contribution is 5.08. The molecule has 0 amide bonds. The number of rotatable bonds is 0. The maximum absolute atomic E-state index is 13.3. The lowest BCUT2D eigenvalue weighted by Gasteiger charge is -2.50. The van der Waals surface area contributed by atoms with Gasteiger partial charge in [0.2, 0.25) is 0 Å². The lowest BCUT2D eigenvalue weighted by Crippen LogP contribution is -2.72. The Morgan fingerprint density at radius 2 is 0.778 bits per heavy atom. The van der Waals surface area contributed by atoms with Crippen LogP contribution in [-0.4, -0.2) is 60.6 Å². The van der Waals surface area contributed by atoms with Crippen molar-refractivity contribution in [3.63, 3.8) is 0 Å². The summed E-state index contributed by atoms with van der Waals surface area (Å²) in [7, 11) is 0. The Bertz CT molecular complexity index is 259. The van der Waals surface area contributed by atoms with Crippen LogP contribution in [0.25, 0.3) is 0 Å². The molecule has 0 aromatic carbocycles. The van der Waals surface area contributed by atoms with Crippen molar-refractivity contribution in [2.45, 2.75) is 55.7 Å². The van der Waals surface area contributed by atoms with Gasteiger partial charge in [-0.15, -0.1) is 0 Å². The Labute approximate surface area is 96.7 Å². The van der Waals surface area contributed by atoms with E-state index in [9.17, 15) is 35.1 Å². The summed E-state index contributed by atoms with van der Waals surface area (Å²) in [5.74, 6) is 0. The van der Waals surface area contributed by atoms with Crippen LogP contribution in [0, 0.1) is 0 Å². The van der Waals surface area contributed by atoms with E-state index in [4.69, 9.17) is 0 Å². The van der Waals surface area contributed by atoms with Crippen LogP contribution >= 0.6 is 0 Å². The largest absolute Gasteiger partial charge is 0.242 e. The summed E-state index contributed by atoms with van der Waals surface area (Å²) < 4.78 is 105. The van der Waals surface area contributed by atoms with Crippen LogP contribution in [0.2, 0.25) is 0 Å². The minimum atomic E-state index is -3.08. The van der Waals surface area contributed by atoms with Crippen LogP contribution < -0.4 is 0 Å². The van der Waals surface area contributed by atoms with Crippen molar-refractivity contribution >= 4 is 0 Å². The zero-order chi connectivity index (χ0) is 13.8. The van der Waals surface area contributed by atoms with Gasteiger partial charge < -0.3 is 0 Å². The van der Waals surface area contributed by atoms with Crippen molar-refractivity contribution in [3.05, 3.63) is 0 Å². The summed E-state index contributed by atoms with van der Waals surface area (Å²) in [5.41, 5.74) is 0. The Kier molecular flexibility index (Phi) is 3.46. The summed E-state index contributed by atoms with van der Waals surface area (Å²) in [4.78, 5) is -0.434. The molecule has 2 fully saturated rings. The Balaban J connectivity index is 2.36. The Morgan fingerprint density at radius 3 is 1.11 bits per heavy atom. The number of hydrogen-bond donors (Lipinski definition) is 0. The third-order valence-electron chi connectivity index (χ3n) is 3.31. The van der Waals surface area contributed by atoms with Crippen molar-refractivity contribution in [2.24, 2.45) is 0 Å². The molecule has 0 aromatic heterocycles. The molecule has 1 nitrogen and oxygen atoms in total. The van der Waals surface area contributed by atoms with Crippen LogP contribution in [0.15, 0.2) is 0 Å². The molecule has 18 heavy (non-hydrogen) atoms. The van der Waals surface area contributed by atoms with Gasteiger partial charge in [0.25, 0.3) is 0 Å². The van der Waals surface area contributed by atoms with Gasteiger partial charge in [0.05, 0.1) is 6.04 Å². The van der Waals surface area contributed by atoms with Gasteiger partial charge in [-0.3, -0.25) is 0 Å². The molecule has 2 aliphatic rings. The maximum atomic E-state index is 13.3. The van der Waals surface area contributed by atoms with Gasteiger partial charge in [0, 0.05) is 0 Å². The van der Waals surface area contributed by atoms with E-state index in [-0.39, 0.29) is 0 Å². The van der Waals surface area contributed by atoms with E-state index in [1.807, 2.05) is 0 Å². The number of piperidine rings is 2. The molecule has 2 saturated heterocycles. The first kappa shape index (κ1) is 13.8. The SMILES string of the molecule is FC1C(F)C(F)N2C(F)C(F)C(F)C(F)C2C1F. The molecule has 2 aliphatic heterocycles. The van der Waals surface area contributed by atoms with Crippen LogP contribution in [0.4, 0.5) is 35.1 Å². The summed E-state index contributed by atoms with van der Waals surface area (Å²) in [6.45, 7) is 0. The molecule has 0 aromatic rings. The molecule has 0 radical (unpaired) electrons. The molecular weight excluding hydrogens is 274 g/mol. The van der Waals surface area contributed by atoms with E-state index in [1.54, 1.807) is 0 Å². The van der Waals surface area contributed by atoms with E-state index in [1.165, 1.54) is 0 Å². The number of hydrogen-bond acceptors (Lipinski definition) is 1. The monoisotopic (exact) mass is 283 g/mol. The molecule has 0 N–H and O–H groups in total. The molecule has 0 saturated carbocycles. The van der Waals surface area contributed by atoms with Crippen molar-refractivity contribution < 1.29 is 35.1 Å². The summed E-state index contributed by atoms with van der Waals surface area (Å²) >= 11 is 0. The van der Waals surface area contributed by atoms with Gasteiger partial charge in [-0.05, 0) is 0 Å². The van der Waals surface area contributed by atoms with Crippen LogP contribution in [-0.2, 0) is 0 Å². The fourth-order valence-electron chi connectivity index (χ4n) is 2.33. The van der Waals surface area contributed by atoms with E-state index in [2.05, 4.69) is 0 Å². The van der Waals surface area contributed by atoms with Gasteiger partial charge in [-0.25, -0.2) is 40.0 Å². The summed E-state index contributed by atoms with van der Waals surface area (Å²) in [5, 5.41) is 0. The predicted molar refractivity (Wildman–Crippen MR) is 44.8 cm³/mol. The van der Waals surface area contributed by atoms with Gasteiger partial charge in [-0.1, -0.05) is 0 Å². The summed E-state index contributed by atoms with van der Waals surface area (Å²) in [6.07, 6.45) is -24.3. The average Bonchev–Trinajstić information content (AvgIpc) is 2.35. The minimum Gasteiger partial charge on any atom is -0.242 e. The van der Waals surface area contributed by atoms with Gasteiger partial charge in [0.1, 0.15) is 0 Å². The number of nitrogens with zero attached hydrogens (tertiary/aromatic N) is 1. The van der Waals surface area contributed by atoms with Crippen LogP contribution in [0.1, 0.15) is 0 Å². The highest BCUT2D eigenvalue weighted by Gasteiger charge is 2.63. The van der Waals surface area contributed by atoms with Crippen LogP contribution in [0.5, 0.6) is 0 Å². The second-order valence-corrected chi connectivity index (χ2v) is 4.35. The minimum absolute atomic E-state index is 0.434. The van der Waals surface area contributed by atoms with Crippen LogP contribution in [0.3, 0.4) is 0 Å². The fourth-order valence-corrected chi connectivity index (χ4v) is 2.33. The topological polar surface area (TPSA) is 3.24 Å². The van der Waals surface area contributed by atoms with Gasteiger partial charge >= 0.3 is 0 Å². The molecule has 0 spiro atoms. The molecule has 2 rings (SSSR count). The second kappa shape index (κ2) is 4.50. The predicted octanol–water partition coefficient (Wildman–Crippen LogP) is 2.30. The van der Waals surface area contributed by atoms with Crippen molar-refractivity contribution in [1.29, 1.82) is 0 Å². The maximum Gasteiger partial charge on any atom is 0.190 e. The molecular formula is C9H9F8N. The molecule has 2 heterocycles. The number of fused-ring (bicyclic) bond motifs is 1. The van der Waals surface area contributed by atoms with E-state index in [0.717, 1.165) is 0 Å². The molecule has 0 aliphatic carbocycles. The molecule has 0 bridgehead atoms. The van der Waals surface area contributed by atoms with E-state index in [0.29, 0.717) is 0 Å². The van der Waals surface area contributed by atoms with Gasteiger partial charge in [-0.2, -0.15) is 0 Å². The third kappa shape index (κ3) is 1.70. The van der Waals surface area contributed by atoms with E-state index >= 15 is 0 Å². The standard InChI is InChI=1S/C9H9F8N/c10-1-3(12)7-4(13)2(11)6(15)9(17)18(7)8(16)5(1)14/h1-9H. The van der Waals surface area contributed by atoms with Crippen molar-refractivity contribution in [2.75, 3.05) is 0 Å². The first-order valence-corrected chi connectivity index (χ1v) is 5.19. The second-order valence-electron chi connectivity index (χ2n) is 4.35. The Morgan fingerprint density at radius 1 is 0.444 bits per heavy atom.